The molecule has 12 heavy (non-hydrogen) atoms. The Hall–Kier alpha value is -0.830. The first kappa shape index (κ1) is 7.80. The van der Waals surface area contributed by atoms with E-state index in [4.69, 9.17) is 10.2 Å². The predicted molar refractivity (Wildman–Crippen MR) is 45.8 cm³/mol. The maximum absolute atomic E-state index is 5.56. The number of oxazole rings is 1. The minimum absolute atomic E-state index is 0.292. The van der Waals surface area contributed by atoms with E-state index in [0.29, 0.717) is 12.0 Å². The van der Waals surface area contributed by atoms with Gasteiger partial charge in [-0.2, -0.15) is 0 Å². The van der Waals surface area contributed by atoms with Gasteiger partial charge in [-0.25, -0.2) is 4.98 Å². The van der Waals surface area contributed by atoms with Crippen LogP contribution in [0, 0.1) is 0 Å². The van der Waals surface area contributed by atoms with Gasteiger partial charge < -0.3 is 10.2 Å². The number of rotatable bonds is 3. The lowest BCUT2D eigenvalue weighted by Crippen LogP contribution is -2.02. The molecule has 1 fully saturated rings. The average molecular weight is 166 g/mol. The monoisotopic (exact) mass is 166 g/mol. The Morgan fingerprint density at radius 2 is 2.42 bits per heavy atom. The Balaban J connectivity index is 2.13. The molecule has 0 unspecified atom stereocenters. The van der Waals surface area contributed by atoms with Gasteiger partial charge in [-0.1, -0.05) is 6.92 Å². The van der Waals surface area contributed by atoms with Crippen molar-refractivity contribution in [3.05, 3.63) is 17.8 Å². The third kappa shape index (κ3) is 1.25. The molecule has 0 aliphatic heterocycles. The lowest BCUT2D eigenvalue weighted by atomic mass is 10.1. The Morgan fingerprint density at radius 1 is 1.67 bits per heavy atom. The van der Waals surface area contributed by atoms with Crippen LogP contribution in [0.25, 0.3) is 0 Å². The van der Waals surface area contributed by atoms with Crippen molar-refractivity contribution >= 4 is 0 Å². The van der Waals surface area contributed by atoms with E-state index in [1.165, 1.54) is 12.8 Å². The highest BCUT2D eigenvalue weighted by molar-refractivity contribution is 5.17. The largest absolute Gasteiger partial charge is 0.445 e. The van der Waals surface area contributed by atoms with E-state index in [-0.39, 0.29) is 0 Å². The fourth-order valence-corrected chi connectivity index (χ4v) is 1.26. The maximum Gasteiger partial charge on any atom is 0.195 e. The molecule has 2 rings (SSSR count). The van der Waals surface area contributed by atoms with Crippen molar-refractivity contribution in [3.63, 3.8) is 0 Å². The summed E-state index contributed by atoms with van der Waals surface area (Å²) in [5.41, 5.74) is 5.69. The normalized spacial score (nSPS) is 19.5. The number of hydrogen-bond donors (Lipinski definition) is 1. The summed E-state index contributed by atoms with van der Waals surface area (Å²) < 4.78 is 5.56. The van der Waals surface area contributed by atoms with Crippen LogP contribution >= 0.6 is 0 Å². The van der Waals surface area contributed by atoms with Crippen LogP contribution in [0.2, 0.25) is 0 Å². The molecule has 1 heterocycles. The van der Waals surface area contributed by atoms with Gasteiger partial charge in [0.1, 0.15) is 5.76 Å². The zero-order chi connectivity index (χ0) is 8.60. The van der Waals surface area contributed by atoms with Gasteiger partial charge in [-0.05, 0) is 12.8 Å². The van der Waals surface area contributed by atoms with Crippen molar-refractivity contribution in [2.75, 3.05) is 6.54 Å². The van der Waals surface area contributed by atoms with E-state index in [1.807, 2.05) is 6.20 Å². The van der Waals surface area contributed by atoms with E-state index in [1.54, 1.807) is 0 Å². The number of nitrogens with two attached hydrogens (primary N) is 1. The van der Waals surface area contributed by atoms with Crippen LogP contribution in [0.1, 0.15) is 31.4 Å². The second-order valence-electron chi connectivity index (χ2n) is 3.72. The molecule has 0 aromatic carbocycles. The maximum atomic E-state index is 5.56. The lowest BCUT2D eigenvalue weighted by molar-refractivity contribution is 0.425. The van der Waals surface area contributed by atoms with Gasteiger partial charge in [0.05, 0.1) is 6.20 Å². The summed E-state index contributed by atoms with van der Waals surface area (Å²) in [6.45, 7) is 2.82. The summed E-state index contributed by atoms with van der Waals surface area (Å²) in [7, 11) is 0. The van der Waals surface area contributed by atoms with Crippen LogP contribution in [0.15, 0.2) is 10.6 Å². The fourth-order valence-electron chi connectivity index (χ4n) is 1.26. The standard InChI is InChI=1S/C9H14N2O/c1-9(3-4-9)7-6-11-8(12-7)2-5-10/h6H,2-5,10H2,1H3. The van der Waals surface area contributed by atoms with Gasteiger partial charge in [0.25, 0.3) is 0 Å². The van der Waals surface area contributed by atoms with E-state index in [0.717, 1.165) is 18.1 Å². The molecule has 0 radical (unpaired) electrons. The van der Waals surface area contributed by atoms with Gasteiger partial charge in [0, 0.05) is 18.4 Å². The molecule has 0 bridgehead atoms. The number of nitrogens with zero attached hydrogens (tertiary/aromatic N) is 1. The van der Waals surface area contributed by atoms with Crippen molar-refractivity contribution in [2.45, 2.75) is 31.6 Å². The van der Waals surface area contributed by atoms with Crippen LogP contribution in [0.3, 0.4) is 0 Å². The topological polar surface area (TPSA) is 52.0 Å². The van der Waals surface area contributed by atoms with Crippen molar-refractivity contribution in [1.29, 1.82) is 0 Å². The molecule has 66 valence electrons. The van der Waals surface area contributed by atoms with Crippen molar-refractivity contribution in [3.8, 4) is 0 Å². The molecule has 0 atom stereocenters. The predicted octanol–water partition coefficient (Wildman–Crippen LogP) is 1.23. The second kappa shape index (κ2) is 2.59. The molecule has 1 aromatic heterocycles. The molecule has 2 N–H and O–H groups in total. The van der Waals surface area contributed by atoms with E-state index in [2.05, 4.69) is 11.9 Å². The molecule has 1 aromatic rings. The summed E-state index contributed by atoms with van der Waals surface area (Å²) in [6, 6.07) is 0. The molecule has 1 saturated carbocycles. The minimum atomic E-state index is 0.292. The van der Waals surface area contributed by atoms with Crippen molar-refractivity contribution in [2.24, 2.45) is 5.73 Å². The van der Waals surface area contributed by atoms with Crippen LogP contribution in [-0.4, -0.2) is 11.5 Å². The molecule has 3 nitrogen and oxygen atoms in total. The quantitative estimate of drug-likeness (QED) is 0.734. The van der Waals surface area contributed by atoms with E-state index < -0.39 is 0 Å². The first-order valence-corrected chi connectivity index (χ1v) is 4.40. The highest BCUT2D eigenvalue weighted by Crippen LogP contribution is 2.47. The number of hydrogen-bond acceptors (Lipinski definition) is 3. The Labute approximate surface area is 72.0 Å². The molecule has 1 aliphatic carbocycles. The van der Waals surface area contributed by atoms with E-state index in [9.17, 15) is 0 Å². The van der Waals surface area contributed by atoms with Crippen molar-refractivity contribution < 1.29 is 4.42 Å². The SMILES string of the molecule is CC1(c2cnc(CCN)o2)CC1. The summed E-state index contributed by atoms with van der Waals surface area (Å²) in [6.07, 6.45) is 5.04. The highest BCUT2D eigenvalue weighted by atomic mass is 16.4. The fraction of sp³-hybridized carbons (Fsp3) is 0.667. The van der Waals surface area contributed by atoms with Gasteiger partial charge in [-0.3, -0.25) is 0 Å². The molecule has 0 saturated heterocycles. The zero-order valence-electron chi connectivity index (χ0n) is 7.34. The zero-order valence-corrected chi connectivity index (χ0v) is 7.34. The third-order valence-electron chi connectivity index (χ3n) is 2.51. The average Bonchev–Trinajstić information content (AvgIpc) is 2.64. The van der Waals surface area contributed by atoms with Crippen LogP contribution < -0.4 is 5.73 Å². The summed E-state index contributed by atoms with van der Waals surface area (Å²) >= 11 is 0. The number of aromatic nitrogens is 1. The Kier molecular flexibility index (Phi) is 1.68. The van der Waals surface area contributed by atoms with Crippen molar-refractivity contribution in [1.82, 2.24) is 4.98 Å². The summed E-state index contributed by atoms with van der Waals surface area (Å²) in [5.74, 6) is 1.81. The third-order valence-corrected chi connectivity index (χ3v) is 2.51. The van der Waals surface area contributed by atoms with Crippen LogP contribution in [0.5, 0.6) is 0 Å². The van der Waals surface area contributed by atoms with E-state index >= 15 is 0 Å². The Morgan fingerprint density at radius 3 is 3.00 bits per heavy atom. The molecule has 3 heteroatoms. The molecule has 1 aliphatic rings. The van der Waals surface area contributed by atoms with Gasteiger partial charge in [-0.15, -0.1) is 0 Å². The molecule has 0 amide bonds. The first-order valence-electron chi connectivity index (χ1n) is 4.40. The smallest absolute Gasteiger partial charge is 0.195 e. The van der Waals surface area contributed by atoms with Gasteiger partial charge >= 0.3 is 0 Å². The van der Waals surface area contributed by atoms with Crippen LogP contribution in [-0.2, 0) is 11.8 Å². The van der Waals surface area contributed by atoms with Gasteiger partial charge in [0.2, 0.25) is 0 Å². The minimum Gasteiger partial charge on any atom is -0.445 e. The summed E-state index contributed by atoms with van der Waals surface area (Å²) in [4.78, 5) is 4.17. The van der Waals surface area contributed by atoms with Crippen LogP contribution in [0.4, 0.5) is 0 Å². The molecular weight excluding hydrogens is 152 g/mol. The molecule has 0 spiro atoms. The lowest BCUT2D eigenvalue weighted by Gasteiger charge is -2.00. The van der Waals surface area contributed by atoms with Gasteiger partial charge in [0.15, 0.2) is 5.89 Å². The highest BCUT2D eigenvalue weighted by Gasteiger charge is 2.42. The second-order valence-corrected chi connectivity index (χ2v) is 3.72. The Bertz CT molecular complexity index is 276. The first-order chi connectivity index (χ1) is 5.74. The molecular formula is C9H14N2O. The summed E-state index contributed by atoms with van der Waals surface area (Å²) in [5, 5.41) is 0.